The molecule has 11 heteroatoms. The fraction of sp³-hybridized carbons (Fsp3) is 0.188. The lowest BCUT2D eigenvalue weighted by atomic mass is 9.91. The maximum absolute atomic E-state index is 13.6. The predicted molar refractivity (Wildman–Crippen MR) is 87.9 cm³/mol. The summed E-state index contributed by atoms with van der Waals surface area (Å²) in [7, 11) is 0. The molecule has 0 saturated carbocycles. The van der Waals surface area contributed by atoms with Gasteiger partial charge in [-0.15, -0.1) is 0 Å². The first-order valence-electron chi connectivity index (χ1n) is 7.59. The quantitative estimate of drug-likeness (QED) is 0.436. The maximum atomic E-state index is 13.6. The summed E-state index contributed by atoms with van der Waals surface area (Å²) in [4.78, 5) is 21.3. The molecule has 0 bridgehead atoms. The van der Waals surface area contributed by atoms with E-state index in [1.54, 1.807) is 6.07 Å². The average Bonchev–Trinajstić information content (AvgIpc) is 2.66. The highest BCUT2D eigenvalue weighted by Gasteiger charge is 2.39. The Morgan fingerprint density at radius 1 is 1.15 bits per heavy atom. The van der Waals surface area contributed by atoms with Crippen LogP contribution in [0.3, 0.4) is 0 Å². The smallest absolute Gasteiger partial charge is 0.270 e. The van der Waals surface area contributed by atoms with Crippen molar-refractivity contribution < 1.29 is 28.1 Å². The van der Waals surface area contributed by atoms with E-state index in [4.69, 9.17) is 4.74 Å². The summed E-state index contributed by atoms with van der Waals surface area (Å²) in [5.74, 6) is 0.0184. The Labute approximate surface area is 150 Å². The van der Waals surface area contributed by atoms with Gasteiger partial charge in [0.25, 0.3) is 5.69 Å². The molecule has 27 heavy (non-hydrogen) atoms. The summed E-state index contributed by atoms with van der Waals surface area (Å²) < 4.78 is 33.5. The molecule has 2 aromatic rings. The number of hydrogen-bond donors (Lipinski definition) is 0. The molecule has 0 unspecified atom stereocenters. The standard InChI is InChI=1S/C16H12F2N4O5/c17-9-16(10-18)8-13(14-3-1-2-6-20(14)19-22(25)26)12-7-11(21(23)24)4-5-15(12)27-16/h1-8H,9-10H2. The average molecular weight is 378 g/mol. The molecule has 140 valence electrons. The van der Waals surface area contributed by atoms with Gasteiger partial charge in [0, 0.05) is 34.9 Å². The van der Waals surface area contributed by atoms with E-state index in [2.05, 4.69) is 5.53 Å². The second kappa shape index (κ2) is 6.94. The number of aromatic nitrogens is 1. The van der Waals surface area contributed by atoms with Crippen molar-refractivity contribution >= 4 is 11.3 Å². The van der Waals surface area contributed by atoms with Crippen LogP contribution < -0.4 is 9.41 Å². The summed E-state index contributed by atoms with van der Waals surface area (Å²) in [6, 6.07) is 8.00. The van der Waals surface area contributed by atoms with E-state index >= 15 is 0 Å². The third-order valence-corrected chi connectivity index (χ3v) is 3.92. The number of fused-ring (bicyclic) bond motifs is 1. The number of non-ortho nitro benzene ring substituents is 1. The van der Waals surface area contributed by atoms with Crippen LogP contribution >= 0.6 is 0 Å². The topological polar surface area (TPSA) is 113 Å². The van der Waals surface area contributed by atoms with Crippen LogP contribution in [-0.2, 0) is 0 Å². The van der Waals surface area contributed by atoms with Gasteiger partial charge in [0.15, 0.2) is 11.8 Å². The molecule has 9 nitrogen and oxygen atoms in total. The van der Waals surface area contributed by atoms with Crippen LogP contribution in [-0.4, -0.2) is 28.9 Å². The lowest BCUT2D eigenvalue weighted by Gasteiger charge is -2.32. The van der Waals surface area contributed by atoms with Gasteiger partial charge < -0.3 is 4.74 Å². The Bertz CT molecular complexity index is 946. The molecular formula is C16H12F2N4O5. The SMILES string of the molecule is O=[N+]([O-])[N-][n+]1ccccc1C1=CC(CF)(CF)Oc2ccc([N+](=O)[O-])cc21. The number of benzene rings is 1. The van der Waals surface area contributed by atoms with Crippen molar-refractivity contribution in [3.8, 4) is 5.75 Å². The second-order valence-electron chi connectivity index (χ2n) is 5.69. The Balaban J connectivity index is 2.25. The molecule has 0 spiro atoms. The zero-order chi connectivity index (χ0) is 19.6. The first-order valence-corrected chi connectivity index (χ1v) is 7.59. The summed E-state index contributed by atoms with van der Waals surface area (Å²) in [6.07, 6.45) is 2.40. The van der Waals surface area contributed by atoms with Gasteiger partial charge in [-0.05, 0) is 18.2 Å². The van der Waals surface area contributed by atoms with Crippen LogP contribution in [0.4, 0.5) is 14.5 Å². The number of nitro benzene ring substituents is 1. The molecule has 0 atom stereocenters. The summed E-state index contributed by atoms with van der Waals surface area (Å²) in [5.41, 5.74) is 1.39. The molecule has 1 aromatic heterocycles. The van der Waals surface area contributed by atoms with Crippen molar-refractivity contribution in [2.45, 2.75) is 5.60 Å². The van der Waals surface area contributed by atoms with Crippen LogP contribution in [0, 0.1) is 20.2 Å². The fourth-order valence-electron chi connectivity index (χ4n) is 2.70. The summed E-state index contributed by atoms with van der Waals surface area (Å²) in [5, 5.41) is 21.0. The highest BCUT2D eigenvalue weighted by atomic mass is 19.1. The molecule has 3 rings (SSSR count). The van der Waals surface area contributed by atoms with Crippen molar-refractivity contribution in [2.75, 3.05) is 13.3 Å². The molecule has 0 aliphatic carbocycles. The number of alkyl halides is 2. The molecule has 0 fully saturated rings. The minimum absolute atomic E-state index is 0.0184. The molecule has 0 saturated heterocycles. The minimum Gasteiger partial charge on any atom is -0.477 e. The normalized spacial score (nSPS) is 14.5. The number of rotatable bonds is 6. The van der Waals surface area contributed by atoms with Gasteiger partial charge in [0.05, 0.1) is 10.5 Å². The summed E-state index contributed by atoms with van der Waals surface area (Å²) in [6.45, 7) is -2.41. The highest BCUT2D eigenvalue weighted by Crippen LogP contribution is 2.41. The number of nitrogens with zero attached hydrogens (tertiary/aromatic N) is 4. The van der Waals surface area contributed by atoms with Crippen molar-refractivity contribution in [1.82, 2.24) is 0 Å². The van der Waals surface area contributed by atoms with Gasteiger partial charge in [0.2, 0.25) is 5.69 Å². The largest absolute Gasteiger partial charge is 0.477 e. The number of hydrogen-bond acceptors (Lipinski definition) is 5. The van der Waals surface area contributed by atoms with Gasteiger partial charge >= 0.3 is 0 Å². The third-order valence-electron chi connectivity index (χ3n) is 3.92. The molecule has 0 radical (unpaired) electrons. The van der Waals surface area contributed by atoms with Crippen LogP contribution in [0.25, 0.3) is 11.1 Å². The van der Waals surface area contributed by atoms with E-state index < -0.39 is 28.9 Å². The molecule has 1 aliphatic rings. The van der Waals surface area contributed by atoms with Gasteiger partial charge in [-0.2, -0.15) is 4.68 Å². The Morgan fingerprint density at radius 3 is 2.52 bits per heavy atom. The second-order valence-corrected chi connectivity index (χ2v) is 5.69. The Morgan fingerprint density at radius 2 is 1.89 bits per heavy atom. The highest BCUT2D eigenvalue weighted by molar-refractivity contribution is 5.83. The van der Waals surface area contributed by atoms with Crippen LogP contribution in [0.1, 0.15) is 11.3 Å². The summed E-state index contributed by atoms with van der Waals surface area (Å²) >= 11 is 0. The third kappa shape index (κ3) is 3.38. The van der Waals surface area contributed by atoms with Gasteiger partial charge in [0.1, 0.15) is 19.1 Å². The molecule has 1 aliphatic heterocycles. The van der Waals surface area contributed by atoms with Crippen LogP contribution in [0.2, 0.25) is 0 Å². The number of halogens is 2. The van der Waals surface area contributed by atoms with Crippen LogP contribution in [0.15, 0.2) is 48.7 Å². The Kier molecular flexibility index (Phi) is 4.67. The predicted octanol–water partition coefficient (Wildman–Crippen LogP) is 2.71. The maximum Gasteiger partial charge on any atom is 0.270 e. The lowest BCUT2D eigenvalue weighted by molar-refractivity contribution is -0.739. The molecule has 2 heterocycles. The van der Waals surface area contributed by atoms with E-state index in [1.165, 1.54) is 30.5 Å². The van der Waals surface area contributed by atoms with Crippen molar-refractivity contribution in [1.29, 1.82) is 0 Å². The van der Waals surface area contributed by atoms with Crippen molar-refractivity contribution in [3.05, 3.63) is 85.7 Å². The zero-order valence-electron chi connectivity index (χ0n) is 13.6. The first kappa shape index (κ1) is 18.2. The number of ether oxygens (including phenoxy) is 1. The van der Waals surface area contributed by atoms with E-state index in [9.17, 15) is 29.0 Å². The van der Waals surface area contributed by atoms with Crippen molar-refractivity contribution in [2.24, 2.45) is 0 Å². The van der Waals surface area contributed by atoms with Crippen molar-refractivity contribution in [3.63, 3.8) is 0 Å². The minimum atomic E-state index is -1.94. The number of pyridine rings is 1. The van der Waals surface area contributed by atoms with E-state index in [1.807, 2.05) is 0 Å². The van der Waals surface area contributed by atoms with Gasteiger partial charge in [-0.1, -0.05) is 5.53 Å². The van der Waals surface area contributed by atoms with Gasteiger partial charge in [-0.25, -0.2) is 8.78 Å². The lowest BCUT2D eigenvalue weighted by Crippen LogP contribution is -2.43. The first-order chi connectivity index (χ1) is 12.9. The Hall–Kier alpha value is -3.63. The molecular weight excluding hydrogens is 366 g/mol. The zero-order valence-corrected chi connectivity index (χ0v) is 13.6. The van der Waals surface area contributed by atoms with Gasteiger partial charge in [-0.3, -0.25) is 20.2 Å². The molecule has 1 aromatic carbocycles. The molecule has 0 amide bonds. The van der Waals surface area contributed by atoms with Crippen LogP contribution in [0.5, 0.6) is 5.75 Å². The molecule has 0 N–H and O–H groups in total. The van der Waals surface area contributed by atoms with E-state index in [-0.39, 0.29) is 28.3 Å². The van der Waals surface area contributed by atoms with E-state index in [0.717, 1.165) is 16.8 Å². The van der Waals surface area contributed by atoms with E-state index in [0.29, 0.717) is 0 Å². The monoisotopic (exact) mass is 378 g/mol. The fourth-order valence-corrected chi connectivity index (χ4v) is 2.70. The number of nitro groups is 2.